The average molecular weight is 298 g/mol. The van der Waals surface area contributed by atoms with Crippen LogP contribution in [0.4, 0.5) is 0 Å². The number of hydrogen-bond acceptors (Lipinski definition) is 4. The van der Waals surface area contributed by atoms with Crippen molar-refractivity contribution in [1.82, 2.24) is 15.0 Å². The maximum absolute atomic E-state index is 12.0. The Balaban J connectivity index is 1.70. The molecule has 0 unspecified atom stereocenters. The van der Waals surface area contributed by atoms with E-state index in [1.165, 1.54) is 0 Å². The Morgan fingerprint density at radius 1 is 1.43 bits per heavy atom. The van der Waals surface area contributed by atoms with E-state index >= 15 is 0 Å². The molecule has 1 N–H and O–H groups in total. The number of carbonyl (C=O) groups excluding carboxylic acids is 1. The van der Waals surface area contributed by atoms with Crippen molar-refractivity contribution in [2.75, 3.05) is 0 Å². The lowest BCUT2D eigenvalue weighted by atomic mass is 10.3. The highest BCUT2D eigenvalue weighted by Gasteiger charge is 2.09. The minimum absolute atomic E-state index is 0.173. The van der Waals surface area contributed by atoms with Gasteiger partial charge in [0.15, 0.2) is 0 Å². The van der Waals surface area contributed by atoms with Crippen LogP contribution >= 0.6 is 11.3 Å². The van der Waals surface area contributed by atoms with Crippen LogP contribution in [0.25, 0.3) is 11.0 Å². The number of para-hydroxylation sites is 2. The topological polar surface area (TPSA) is 59.3 Å². The van der Waals surface area contributed by atoms with Gasteiger partial charge in [-0.1, -0.05) is 12.1 Å². The van der Waals surface area contributed by atoms with Gasteiger partial charge in [-0.3, -0.25) is 4.79 Å². The van der Waals surface area contributed by atoms with Crippen molar-refractivity contribution >= 4 is 34.5 Å². The van der Waals surface area contributed by atoms with Gasteiger partial charge in [0.25, 0.3) is 5.91 Å². The van der Waals surface area contributed by atoms with Gasteiger partial charge in [0.2, 0.25) is 0 Å². The number of hydrogen-bond donors (Lipinski definition) is 1. The molecule has 1 aromatic carbocycles. The van der Waals surface area contributed by atoms with Gasteiger partial charge in [-0.25, -0.2) is 10.4 Å². The molecule has 0 atom stereocenters. The molecule has 0 saturated carbocycles. The van der Waals surface area contributed by atoms with Crippen molar-refractivity contribution in [3.63, 3.8) is 0 Å². The smallest absolute Gasteiger partial charge is 0.260 e. The highest BCUT2D eigenvalue weighted by molar-refractivity contribution is 7.08. The molecule has 0 aliphatic carbocycles. The van der Waals surface area contributed by atoms with E-state index in [9.17, 15) is 4.79 Å². The molecular weight excluding hydrogens is 284 g/mol. The summed E-state index contributed by atoms with van der Waals surface area (Å²) in [6.07, 6.45) is 1.63. The van der Waals surface area contributed by atoms with Crippen LogP contribution in [0.15, 0.2) is 46.2 Å². The number of benzene rings is 1. The van der Waals surface area contributed by atoms with Crippen molar-refractivity contribution in [3.8, 4) is 0 Å². The molecule has 0 fully saturated rings. The van der Waals surface area contributed by atoms with E-state index < -0.39 is 0 Å². The number of nitrogens with one attached hydrogen (secondary N) is 1. The number of nitrogens with zero attached hydrogens (tertiary/aromatic N) is 3. The van der Waals surface area contributed by atoms with Crippen LogP contribution in [0.3, 0.4) is 0 Å². The number of hydrazone groups is 1. The van der Waals surface area contributed by atoms with Crippen LogP contribution in [0.1, 0.15) is 11.4 Å². The van der Waals surface area contributed by atoms with Crippen molar-refractivity contribution < 1.29 is 4.79 Å². The summed E-state index contributed by atoms with van der Waals surface area (Å²) < 4.78 is 1.88. The van der Waals surface area contributed by atoms with E-state index in [1.807, 2.05) is 52.6 Å². The highest BCUT2D eigenvalue weighted by Crippen LogP contribution is 2.14. The molecule has 0 bridgehead atoms. The molecule has 0 aliphatic heterocycles. The van der Waals surface area contributed by atoms with Crippen molar-refractivity contribution in [3.05, 3.63) is 52.5 Å². The molecule has 0 aliphatic rings. The van der Waals surface area contributed by atoms with Gasteiger partial charge in [-0.05, 0) is 35.9 Å². The Labute approximate surface area is 125 Å². The Morgan fingerprint density at radius 2 is 2.29 bits per heavy atom. The first-order valence-electron chi connectivity index (χ1n) is 6.50. The molecule has 2 aromatic heterocycles. The number of carbonyl (C=O) groups is 1. The predicted molar refractivity (Wildman–Crippen MR) is 84.5 cm³/mol. The summed E-state index contributed by atoms with van der Waals surface area (Å²) in [4.78, 5) is 16.4. The minimum atomic E-state index is -0.173. The van der Waals surface area contributed by atoms with Crippen LogP contribution in [-0.2, 0) is 11.3 Å². The maximum Gasteiger partial charge on any atom is 0.260 e. The third-order valence-electron chi connectivity index (χ3n) is 3.09. The first-order valence-corrected chi connectivity index (χ1v) is 7.44. The second-order valence-electron chi connectivity index (χ2n) is 4.58. The summed E-state index contributed by atoms with van der Waals surface area (Å²) >= 11 is 1.59. The number of aromatic nitrogens is 2. The number of rotatable bonds is 4. The van der Waals surface area contributed by atoms with E-state index in [0.29, 0.717) is 0 Å². The zero-order valence-electron chi connectivity index (χ0n) is 11.5. The first-order chi connectivity index (χ1) is 10.2. The van der Waals surface area contributed by atoms with Gasteiger partial charge in [-0.2, -0.15) is 16.4 Å². The number of aryl methyl sites for hydroxylation is 1. The van der Waals surface area contributed by atoms with E-state index in [1.54, 1.807) is 17.6 Å². The molecule has 0 saturated heterocycles. The Bertz CT molecular complexity index is 789. The summed E-state index contributed by atoms with van der Waals surface area (Å²) in [5.41, 5.74) is 5.36. The minimum Gasteiger partial charge on any atom is -0.319 e. The molecule has 0 radical (unpaired) electrons. The standard InChI is InChI=1S/C15H14N4OS/c1-11-17-13-4-2-3-5-14(13)19(11)9-15(20)18-16-8-12-6-7-21-10-12/h2-8,10H,9H2,1H3,(H,18,20)/b16-8-. The van der Waals surface area contributed by atoms with Gasteiger partial charge in [0, 0.05) is 5.56 Å². The number of amides is 1. The summed E-state index contributed by atoms with van der Waals surface area (Å²) in [5.74, 6) is 0.640. The fraction of sp³-hybridized carbons (Fsp3) is 0.133. The third kappa shape index (κ3) is 3.00. The number of imidazole rings is 1. The van der Waals surface area contributed by atoms with Gasteiger partial charge in [0.1, 0.15) is 12.4 Å². The predicted octanol–water partition coefficient (Wildman–Crippen LogP) is 2.56. The number of thiophene rings is 1. The SMILES string of the molecule is Cc1nc2ccccc2n1CC(=O)N/N=C\c1ccsc1. The number of fused-ring (bicyclic) bond motifs is 1. The fourth-order valence-electron chi connectivity index (χ4n) is 2.10. The molecule has 2 heterocycles. The zero-order chi connectivity index (χ0) is 14.7. The van der Waals surface area contributed by atoms with Gasteiger partial charge >= 0.3 is 0 Å². The quantitative estimate of drug-likeness (QED) is 0.594. The summed E-state index contributed by atoms with van der Waals surface area (Å²) in [7, 11) is 0. The molecule has 1 amide bonds. The molecule has 6 heteroatoms. The maximum atomic E-state index is 12.0. The second-order valence-corrected chi connectivity index (χ2v) is 5.36. The summed E-state index contributed by atoms with van der Waals surface area (Å²) in [6.45, 7) is 2.09. The Morgan fingerprint density at radius 3 is 3.10 bits per heavy atom. The van der Waals surface area contributed by atoms with E-state index in [4.69, 9.17) is 0 Å². The highest BCUT2D eigenvalue weighted by atomic mass is 32.1. The first kappa shape index (κ1) is 13.5. The van der Waals surface area contributed by atoms with E-state index in [2.05, 4.69) is 15.5 Å². The zero-order valence-corrected chi connectivity index (χ0v) is 12.3. The van der Waals surface area contributed by atoms with Gasteiger partial charge in [-0.15, -0.1) is 0 Å². The van der Waals surface area contributed by atoms with Crippen molar-refractivity contribution in [1.29, 1.82) is 0 Å². The Hall–Kier alpha value is -2.47. The lowest BCUT2D eigenvalue weighted by Gasteiger charge is -2.05. The lowest BCUT2D eigenvalue weighted by molar-refractivity contribution is -0.121. The van der Waals surface area contributed by atoms with Crippen LogP contribution < -0.4 is 5.43 Å². The molecule has 5 nitrogen and oxygen atoms in total. The van der Waals surface area contributed by atoms with Crippen LogP contribution in [-0.4, -0.2) is 21.7 Å². The second kappa shape index (κ2) is 5.88. The molecule has 3 aromatic rings. The summed E-state index contributed by atoms with van der Waals surface area (Å²) in [6, 6.07) is 9.70. The van der Waals surface area contributed by atoms with E-state index in [-0.39, 0.29) is 12.5 Å². The van der Waals surface area contributed by atoms with Crippen LogP contribution in [0.2, 0.25) is 0 Å². The summed E-state index contributed by atoms with van der Waals surface area (Å²) in [5, 5.41) is 7.88. The van der Waals surface area contributed by atoms with Crippen molar-refractivity contribution in [2.45, 2.75) is 13.5 Å². The Kier molecular flexibility index (Phi) is 3.79. The third-order valence-corrected chi connectivity index (χ3v) is 3.79. The van der Waals surface area contributed by atoms with Gasteiger partial charge < -0.3 is 4.57 Å². The fourth-order valence-corrected chi connectivity index (χ4v) is 2.71. The monoisotopic (exact) mass is 298 g/mol. The van der Waals surface area contributed by atoms with E-state index in [0.717, 1.165) is 22.4 Å². The van der Waals surface area contributed by atoms with Crippen molar-refractivity contribution in [2.24, 2.45) is 5.10 Å². The van der Waals surface area contributed by atoms with Gasteiger partial charge in [0.05, 0.1) is 17.2 Å². The normalized spacial score (nSPS) is 11.3. The molecule has 3 rings (SSSR count). The molecule has 0 spiro atoms. The molecular formula is C15H14N4OS. The van der Waals surface area contributed by atoms with Crippen LogP contribution in [0.5, 0.6) is 0 Å². The van der Waals surface area contributed by atoms with Crippen LogP contribution in [0, 0.1) is 6.92 Å². The lowest BCUT2D eigenvalue weighted by Crippen LogP contribution is -2.23. The molecule has 106 valence electrons. The largest absolute Gasteiger partial charge is 0.319 e. The average Bonchev–Trinajstić information content (AvgIpc) is 3.08. The molecule has 21 heavy (non-hydrogen) atoms.